The van der Waals surface area contributed by atoms with Crippen LogP contribution in [0.4, 0.5) is 0 Å². The van der Waals surface area contributed by atoms with Crippen LogP contribution < -0.4 is 5.56 Å². The molecule has 0 amide bonds. The summed E-state index contributed by atoms with van der Waals surface area (Å²) in [6, 6.07) is 7.48. The molecule has 0 fully saturated rings. The van der Waals surface area contributed by atoms with E-state index in [4.69, 9.17) is 12.2 Å². The zero-order valence-corrected chi connectivity index (χ0v) is 12.1. The van der Waals surface area contributed by atoms with Gasteiger partial charge in [-0.15, -0.1) is 0 Å². The second-order valence-electron chi connectivity index (χ2n) is 4.45. The molecule has 1 aromatic carbocycles. The van der Waals surface area contributed by atoms with Crippen LogP contribution in [0, 0.1) is 10.7 Å². The Morgan fingerprint density at radius 3 is 2.89 bits per heavy atom. The van der Waals surface area contributed by atoms with Crippen LogP contribution in [0.1, 0.15) is 6.92 Å². The van der Waals surface area contributed by atoms with E-state index < -0.39 is 0 Å². The van der Waals surface area contributed by atoms with Crippen molar-refractivity contribution in [1.82, 2.24) is 9.55 Å². The molecule has 1 atom stereocenters. The minimum Gasteiger partial charge on any atom is -0.332 e. The topological polar surface area (TPSA) is 37.8 Å². The van der Waals surface area contributed by atoms with Gasteiger partial charge in [-0.05, 0) is 42.3 Å². The molecule has 0 spiro atoms. The molecule has 96 valence electrons. The average Bonchev–Trinajstić information content (AvgIpc) is 2.35. The van der Waals surface area contributed by atoms with Gasteiger partial charge in [0.2, 0.25) is 0 Å². The Bertz CT molecular complexity index is 660. The number of aromatic amines is 1. The van der Waals surface area contributed by atoms with Gasteiger partial charge in [-0.1, -0.05) is 19.1 Å². The van der Waals surface area contributed by atoms with Crippen molar-refractivity contribution in [3.63, 3.8) is 0 Å². The molecule has 5 heteroatoms. The summed E-state index contributed by atoms with van der Waals surface area (Å²) in [6.45, 7) is 2.80. The van der Waals surface area contributed by atoms with Crippen molar-refractivity contribution in [2.45, 2.75) is 13.5 Å². The van der Waals surface area contributed by atoms with Crippen LogP contribution in [0.2, 0.25) is 0 Å². The first-order valence-electron chi connectivity index (χ1n) is 5.84. The van der Waals surface area contributed by atoms with Crippen molar-refractivity contribution >= 4 is 34.9 Å². The van der Waals surface area contributed by atoms with Crippen LogP contribution >= 0.6 is 24.0 Å². The first kappa shape index (κ1) is 13.4. The normalized spacial score (nSPS) is 12.8. The fourth-order valence-corrected chi connectivity index (χ4v) is 2.96. The van der Waals surface area contributed by atoms with Crippen LogP contribution in [0.3, 0.4) is 0 Å². The second kappa shape index (κ2) is 5.71. The highest BCUT2D eigenvalue weighted by Crippen LogP contribution is 2.09. The van der Waals surface area contributed by atoms with Gasteiger partial charge in [0.05, 0.1) is 10.9 Å². The molecule has 0 bridgehead atoms. The van der Waals surface area contributed by atoms with Crippen LogP contribution in [-0.4, -0.2) is 21.6 Å². The van der Waals surface area contributed by atoms with Gasteiger partial charge in [-0.2, -0.15) is 11.8 Å². The first-order chi connectivity index (χ1) is 8.63. The Morgan fingerprint density at radius 1 is 1.44 bits per heavy atom. The maximum Gasteiger partial charge on any atom is 0.262 e. The summed E-state index contributed by atoms with van der Waals surface area (Å²) < 4.78 is 2.17. The summed E-state index contributed by atoms with van der Waals surface area (Å²) in [7, 11) is 0. The van der Waals surface area contributed by atoms with Gasteiger partial charge in [0, 0.05) is 6.54 Å². The molecular weight excluding hydrogens is 264 g/mol. The fourth-order valence-electron chi connectivity index (χ4n) is 2.01. The quantitative estimate of drug-likeness (QED) is 0.875. The highest BCUT2D eigenvalue weighted by molar-refractivity contribution is 7.98. The van der Waals surface area contributed by atoms with E-state index in [9.17, 15) is 4.79 Å². The number of nitrogens with zero attached hydrogens (tertiary/aromatic N) is 1. The third-order valence-corrected chi connectivity index (χ3v) is 4.06. The van der Waals surface area contributed by atoms with Gasteiger partial charge in [0.25, 0.3) is 5.56 Å². The summed E-state index contributed by atoms with van der Waals surface area (Å²) in [6.07, 6.45) is 2.07. The van der Waals surface area contributed by atoms with Crippen molar-refractivity contribution in [1.29, 1.82) is 0 Å². The fraction of sp³-hybridized carbons (Fsp3) is 0.385. The van der Waals surface area contributed by atoms with Gasteiger partial charge in [0.15, 0.2) is 4.77 Å². The number of benzene rings is 1. The number of H-pyrrole nitrogens is 1. The number of rotatable bonds is 4. The van der Waals surface area contributed by atoms with E-state index in [0.717, 1.165) is 11.3 Å². The monoisotopic (exact) mass is 280 g/mol. The number of nitrogens with one attached hydrogen (secondary N) is 1. The molecular formula is C13H16N2OS2. The van der Waals surface area contributed by atoms with Crippen molar-refractivity contribution in [3.05, 3.63) is 39.4 Å². The zero-order valence-electron chi connectivity index (χ0n) is 10.5. The summed E-state index contributed by atoms with van der Waals surface area (Å²) in [5.41, 5.74) is 0.809. The highest BCUT2D eigenvalue weighted by Gasteiger charge is 2.08. The third-order valence-electron chi connectivity index (χ3n) is 2.83. The minimum absolute atomic E-state index is 0.00213. The van der Waals surface area contributed by atoms with E-state index in [2.05, 4.69) is 18.2 Å². The molecule has 0 aliphatic carbocycles. The van der Waals surface area contributed by atoms with Gasteiger partial charge >= 0.3 is 0 Å². The number of hydrogen-bond acceptors (Lipinski definition) is 3. The molecule has 1 aromatic heterocycles. The van der Waals surface area contributed by atoms with Crippen molar-refractivity contribution in [2.24, 2.45) is 5.92 Å². The van der Waals surface area contributed by atoms with Gasteiger partial charge < -0.3 is 4.98 Å². The Balaban J connectivity index is 2.51. The maximum absolute atomic E-state index is 12.4. The van der Waals surface area contributed by atoms with Gasteiger partial charge in [-0.25, -0.2) is 0 Å². The third kappa shape index (κ3) is 2.67. The average molecular weight is 280 g/mol. The van der Waals surface area contributed by atoms with Crippen LogP contribution in [-0.2, 0) is 6.54 Å². The molecule has 1 heterocycles. The number of thioether (sulfide) groups is 1. The Labute approximate surface area is 115 Å². The van der Waals surface area contributed by atoms with E-state index in [-0.39, 0.29) is 5.56 Å². The lowest BCUT2D eigenvalue weighted by Crippen LogP contribution is -2.25. The molecule has 0 aliphatic heterocycles. The van der Waals surface area contributed by atoms with E-state index in [1.807, 2.05) is 24.3 Å². The summed E-state index contributed by atoms with van der Waals surface area (Å²) in [5, 5.41) is 0.697. The van der Waals surface area contributed by atoms with E-state index in [1.165, 1.54) is 0 Å². The Morgan fingerprint density at radius 2 is 2.17 bits per heavy atom. The van der Waals surface area contributed by atoms with Crippen molar-refractivity contribution in [3.8, 4) is 0 Å². The lowest BCUT2D eigenvalue weighted by atomic mass is 10.2. The maximum atomic E-state index is 12.4. The summed E-state index contributed by atoms with van der Waals surface area (Å²) in [4.78, 5) is 15.5. The molecule has 1 N–H and O–H groups in total. The second-order valence-corrected chi connectivity index (χ2v) is 5.75. The Kier molecular flexibility index (Phi) is 4.24. The molecule has 18 heavy (non-hydrogen) atoms. The largest absolute Gasteiger partial charge is 0.332 e. The van der Waals surface area contributed by atoms with E-state index in [0.29, 0.717) is 22.6 Å². The van der Waals surface area contributed by atoms with E-state index >= 15 is 0 Å². The zero-order chi connectivity index (χ0) is 13.1. The Hall–Kier alpha value is -1.07. The molecule has 2 aromatic rings. The molecule has 0 aliphatic rings. The van der Waals surface area contributed by atoms with Gasteiger partial charge in [-0.3, -0.25) is 9.36 Å². The molecule has 3 nitrogen and oxygen atoms in total. The molecule has 0 radical (unpaired) electrons. The van der Waals surface area contributed by atoms with Gasteiger partial charge in [0.1, 0.15) is 0 Å². The lowest BCUT2D eigenvalue weighted by molar-refractivity contribution is 0.510. The lowest BCUT2D eigenvalue weighted by Gasteiger charge is -2.13. The van der Waals surface area contributed by atoms with E-state index in [1.54, 1.807) is 16.3 Å². The predicted octanol–water partition coefficient (Wildman–Crippen LogP) is 3.06. The predicted molar refractivity (Wildman–Crippen MR) is 80.9 cm³/mol. The summed E-state index contributed by atoms with van der Waals surface area (Å²) >= 11 is 7.05. The van der Waals surface area contributed by atoms with Crippen LogP contribution in [0.25, 0.3) is 10.9 Å². The smallest absolute Gasteiger partial charge is 0.262 e. The standard InChI is InChI=1S/C13H16N2OS2/c1-9(8-18-2)7-15-12(16)10-5-3-4-6-11(10)14-13(15)17/h3-6,9H,7-8H2,1-2H3,(H,14,17). The number of fused-ring (bicyclic) bond motifs is 1. The van der Waals surface area contributed by atoms with Crippen molar-refractivity contribution < 1.29 is 0 Å². The first-order valence-corrected chi connectivity index (χ1v) is 7.64. The van der Waals surface area contributed by atoms with Crippen LogP contribution in [0.15, 0.2) is 29.1 Å². The molecule has 2 rings (SSSR count). The molecule has 0 saturated carbocycles. The summed E-state index contributed by atoms with van der Waals surface area (Å²) in [5.74, 6) is 1.45. The van der Waals surface area contributed by atoms with Crippen LogP contribution in [0.5, 0.6) is 0 Å². The minimum atomic E-state index is 0.00213. The molecule has 1 unspecified atom stereocenters. The SMILES string of the molecule is CSCC(C)Cn1c(=S)[nH]c2ccccc2c1=O. The number of para-hydroxylation sites is 1. The highest BCUT2D eigenvalue weighted by atomic mass is 32.2. The van der Waals surface area contributed by atoms with Crippen molar-refractivity contribution in [2.75, 3.05) is 12.0 Å². The molecule has 0 saturated heterocycles. The number of aromatic nitrogens is 2. The number of hydrogen-bond donors (Lipinski definition) is 1.